The Kier molecular flexibility index (Phi) is 4.26. The van der Waals surface area contributed by atoms with Gasteiger partial charge in [0.1, 0.15) is 0 Å². The van der Waals surface area contributed by atoms with Gasteiger partial charge in [-0.1, -0.05) is 26.7 Å². The highest BCUT2D eigenvalue weighted by Gasteiger charge is 2.36. The van der Waals surface area contributed by atoms with Crippen LogP contribution in [-0.4, -0.2) is 30.1 Å². The molecule has 1 heterocycles. The molecular weight excluding hydrogens is 196 g/mol. The maximum atomic E-state index is 5.98. The Morgan fingerprint density at radius 1 is 1.12 bits per heavy atom. The van der Waals surface area contributed by atoms with Gasteiger partial charge in [0.05, 0.1) is 0 Å². The number of nitrogens with two attached hydrogens (primary N) is 1. The van der Waals surface area contributed by atoms with Crippen LogP contribution < -0.4 is 5.73 Å². The molecule has 0 amide bonds. The van der Waals surface area contributed by atoms with Crippen molar-refractivity contribution in [3.05, 3.63) is 0 Å². The fraction of sp³-hybridized carbons (Fsp3) is 1.00. The molecular formula is C14H28N2. The molecule has 0 aromatic heterocycles. The van der Waals surface area contributed by atoms with E-state index in [2.05, 4.69) is 18.7 Å². The molecule has 2 rings (SSSR count). The molecule has 94 valence electrons. The summed E-state index contributed by atoms with van der Waals surface area (Å²) in [5, 5.41) is 0. The molecule has 1 saturated heterocycles. The quantitative estimate of drug-likeness (QED) is 0.798. The van der Waals surface area contributed by atoms with E-state index in [0.29, 0.717) is 12.0 Å². The van der Waals surface area contributed by atoms with E-state index in [1.54, 1.807) is 0 Å². The summed E-state index contributed by atoms with van der Waals surface area (Å²) in [5.41, 5.74) is 5.98. The van der Waals surface area contributed by atoms with Crippen LogP contribution in [0.3, 0.4) is 0 Å². The van der Waals surface area contributed by atoms with Gasteiger partial charge < -0.3 is 5.73 Å². The van der Waals surface area contributed by atoms with Crippen molar-refractivity contribution in [2.24, 2.45) is 17.6 Å². The fourth-order valence-electron chi connectivity index (χ4n) is 3.87. The second kappa shape index (κ2) is 5.50. The number of fused-ring (bicyclic) bond motifs is 1. The number of rotatable bonds is 3. The summed E-state index contributed by atoms with van der Waals surface area (Å²) in [7, 11) is 0. The SMILES string of the molecule is CC(C)C(CN)N1CCCC2CCCCC21. The second-order valence-electron chi connectivity index (χ2n) is 6.04. The molecule has 0 aromatic rings. The molecule has 0 radical (unpaired) electrons. The number of hydrogen-bond donors (Lipinski definition) is 1. The zero-order chi connectivity index (χ0) is 11.5. The Morgan fingerprint density at radius 3 is 2.50 bits per heavy atom. The third kappa shape index (κ3) is 2.43. The third-order valence-corrected chi connectivity index (χ3v) is 4.72. The molecule has 1 saturated carbocycles. The van der Waals surface area contributed by atoms with Gasteiger partial charge in [0.2, 0.25) is 0 Å². The predicted octanol–water partition coefficient (Wildman–Crippen LogP) is 2.62. The van der Waals surface area contributed by atoms with Crippen LogP contribution in [0.15, 0.2) is 0 Å². The summed E-state index contributed by atoms with van der Waals surface area (Å²) < 4.78 is 0. The van der Waals surface area contributed by atoms with E-state index in [-0.39, 0.29) is 0 Å². The molecule has 1 aliphatic heterocycles. The van der Waals surface area contributed by atoms with Crippen molar-refractivity contribution in [3.63, 3.8) is 0 Å². The fourth-order valence-corrected chi connectivity index (χ4v) is 3.87. The lowest BCUT2D eigenvalue weighted by Gasteiger charge is -2.48. The summed E-state index contributed by atoms with van der Waals surface area (Å²) in [6, 6.07) is 1.48. The van der Waals surface area contributed by atoms with E-state index in [4.69, 9.17) is 5.73 Å². The minimum absolute atomic E-state index is 0.617. The standard InChI is InChI=1S/C14H28N2/c1-11(2)14(10-15)16-9-5-7-12-6-3-4-8-13(12)16/h11-14H,3-10,15H2,1-2H3. The molecule has 16 heavy (non-hydrogen) atoms. The van der Waals surface area contributed by atoms with E-state index in [0.717, 1.165) is 18.5 Å². The van der Waals surface area contributed by atoms with Gasteiger partial charge in [-0.05, 0) is 44.1 Å². The molecule has 0 aromatic carbocycles. The Hall–Kier alpha value is -0.0800. The van der Waals surface area contributed by atoms with Crippen LogP contribution in [0.25, 0.3) is 0 Å². The molecule has 2 nitrogen and oxygen atoms in total. The van der Waals surface area contributed by atoms with E-state index in [1.165, 1.54) is 45.1 Å². The van der Waals surface area contributed by atoms with Gasteiger partial charge in [-0.15, -0.1) is 0 Å². The Bertz CT molecular complexity index is 213. The van der Waals surface area contributed by atoms with E-state index < -0.39 is 0 Å². The summed E-state index contributed by atoms with van der Waals surface area (Å²) in [6.45, 7) is 6.77. The summed E-state index contributed by atoms with van der Waals surface area (Å²) in [4.78, 5) is 2.76. The maximum absolute atomic E-state index is 5.98. The minimum atomic E-state index is 0.617. The van der Waals surface area contributed by atoms with E-state index in [1.807, 2.05) is 0 Å². The van der Waals surface area contributed by atoms with Gasteiger partial charge in [0.25, 0.3) is 0 Å². The molecule has 2 fully saturated rings. The largest absolute Gasteiger partial charge is 0.329 e. The molecule has 2 N–H and O–H groups in total. The topological polar surface area (TPSA) is 29.3 Å². The summed E-state index contributed by atoms with van der Waals surface area (Å²) in [5.74, 6) is 1.68. The van der Waals surface area contributed by atoms with Gasteiger partial charge in [0, 0.05) is 18.6 Å². The highest BCUT2D eigenvalue weighted by Crippen LogP contribution is 2.36. The van der Waals surface area contributed by atoms with Crippen molar-refractivity contribution < 1.29 is 0 Å². The Labute approximate surface area is 101 Å². The molecule has 1 aliphatic carbocycles. The Morgan fingerprint density at radius 2 is 1.81 bits per heavy atom. The molecule has 0 spiro atoms. The average Bonchev–Trinajstić information content (AvgIpc) is 2.30. The normalized spacial score (nSPS) is 33.8. The van der Waals surface area contributed by atoms with Crippen LogP contribution in [0.4, 0.5) is 0 Å². The van der Waals surface area contributed by atoms with Crippen molar-refractivity contribution in [1.82, 2.24) is 4.90 Å². The van der Waals surface area contributed by atoms with Crippen LogP contribution in [0.1, 0.15) is 52.4 Å². The summed E-state index contributed by atoms with van der Waals surface area (Å²) >= 11 is 0. The van der Waals surface area contributed by atoms with E-state index >= 15 is 0 Å². The Balaban J connectivity index is 2.06. The van der Waals surface area contributed by atoms with Crippen molar-refractivity contribution in [1.29, 1.82) is 0 Å². The number of likely N-dealkylation sites (tertiary alicyclic amines) is 1. The van der Waals surface area contributed by atoms with Crippen LogP contribution in [0, 0.1) is 11.8 Å². The third-order valence-electron chi connectivity index (χ3n) is 4.72. The van der Waals surface area contributed by atoms with Gasteiger partial charge >= 0.3 is 0 Å². The first-order valence-corrected chi connectivity index (χ1v) is 7.20. The van der Waals surface area contributed by atoms with E-state index in [9.17, 15) is 0 Å². The maximum Gasteiger partial charge on any atom is 0.0244 e. The van der Waals surface area contributed by atoms with Crippen molar-refractivity contribution >= 4 is 0 Å². The number of piperidine rings is 1. The van der Waals surface area contributed by atoms with Gasteiger partial charge in [-0.2, -0.15) is 0 Å². The summed E-state index contributed by atoms with van der Waals surface area (Å²) in [6.07, 6.45) is 8.66. The lowest BCUT2D eigenvalue weighted by molar-refractivity contribution is 0.0132. The molecule has 2 aliphatic rings. The first-order chi connectivity index (χ1) is 7.74. The first-order valence-electron chi connectivity index (χ1n) is 7.20. The molecule has 0 bridgehead atoms. The van der Waals surface area contributed by atoms with Crippen molar-refractivity contribution in [3.8, 4) is 0 Å². The number of hydrogen-bond acceptors (Lipinski definition) is 2. The van der Waals surface area contributed by atoms with Gasteiger partial charge in [-0.3, -0.25) is 4.90 Å². The highest BCUT2D eigenvalue weighted by molar-refractivity contribution is 4.91. The predicted molar refractivity (Wildman–Crippen MR) is 69.4 cm³/mol. The van der Waals surface area contributed by atoms with Crippen LogP contribution in [0.2, 0.25) is 0 Å². The monoisotopic (exact) mass is 224 g/mol. The zero-order valence-electron chi connectivity index (χ0n) is 11.0. The molecule has 3 atom stereocenters. The number of nitrogens with zero attached hydrogens (tertiary/aromatic N) is 1. The molecule has 2 heteroatoms. The van der Waals surface area contributed by atoms with Crippen LogP contribution in [-0.2, 0) is 0 Å². The lowest BCUT2D eigenvalue weighted by Crippen LogP contribution is -2.55. The highest BCUT2D eigenvalue weighted by atomic mass is 15.2. The lowest BCUT2D eigenvalue weighted by atomic mass is 9.77. The zero-order valence-corrected chi connectivity index (χ0v) is 11.0. The smallest absolute Gasteiger partial charge is 0.0244 e. The van der Waals surface area contributed by atoms with Crippen molar-refractivity contribution in [2.75, 3.05) is 13.1 Å². The second-order valence-corrected chi connectivity index (χ2v) is 6.04. The molecule has 3 unspecified atom stereocenters. The van der Waals surface area contributed by atoms with Gasteiger partial charge in [0.15, 0.2) is 0 Å². The van der Waals surface area contributed by atoms with Crippen molar-refractivity contribution in [2.45, 2.75) is 64.5 Å². The minimum Gasteiger partial charge on any atom is -0.329 e. The first kappa shape index (κ1) is 12.4. The van der Waals surface area contributed by atoms with Gasteiger partial charge in [-0.25, -0.2) is 0 Å². The average molecular weight is 224 g/mol. The van der Waals surface area contributed by atoms with Crippen LogP contribution in [0.5, 0.6) is 0 Å². The van der Waals surface area contributed by atoms with Crippen LogP contribution >= 0.6 is 0 Å².